The van der Waals surface area contributed by atoms with Gasteiger partial charge in [0.05, 0.1) is 11.4 Å². The minimum absolute atomic E-state index is 0.116. The molecular weight excluding hydrogens is 681 g/mol. The Kier molecular flexibility index (Phi) is 7.20. The Morgan fingerprint density at radius 2 is 1.04 bits per heavy atom. The predicted octanol–water partition coefficient (Wildman–Crippen LogP) is 14.2. The van der Waals surface area contributed by atoms with Gasteiger partial charge in [0.1, 0.15) is 11.2 Å². The number of benzene rings is 8. The van der Waals surface area contributed by atoms with Crippen molar-refractivity contribution < 1.29 is 4.42 Å². The highest BCUT2D eigenvalue weighted by Gasteiger charge is 2.37. The maximum Gasteiger partial charge on any atom is 0.160 e. The van der Waals surface area contributed by atoms with Crippen LogP contribution in [0.2, 0.25) is 0 Å². The first-order valence-electron chi connectivity index (χ1n) is 19.2. The van der Waals surface area contributed by atoms with Crippen molar-refractivity contribution in [1.29, 1.82) is 0 Å². The summed E-state index contributed by atoms with van der Waals surface area (Å²) in [5, 5.41) is 4.75. The van der Waals surface area contributed by atoms with E-state index in [1.165, 1.54) is 38.6 Å². The number of fused-ring (bicyclic) bond motifs is 7. The van der Waals surface area contributed by atoms with Crippen LogP contribution in [0, 0.1) is 0 Å². The number of hydrogen-bond donors (Lipinski definition) is 0. The van der Waals surface area contributed by atoms with Crippen molar-refractivity contribution in [2.45, 2.75) is 19.3 Å². The first kappa shape index (κ1) is 32.3. The summed E-state index contributed by atoms with van der Waals surface area (Å²) in [5.41, 5.74) is 16.4. The molecule has 2 heterocycles. The molecule has 0 saturated carbocycles. The summed E-state index contributed by atoms with van der Waals surface area (Å²) < 4.78 is 6.31. The molecule has 10 aromatic rings. The van der Waals surface area contributed by atoms with Crippen LogP contribution < -0.4 is 0 Å². The van der Waals surface area contributed by atoms with Gasteiger partial charge in [-0.2, -0.15) is 0 Å². The number of furan rings is 1. The molecule has 0 fully saturated rings. The van der Waals surface area contributed by atoms with Gasteiger partial charge in [0, 0.05) is 32.9 Å². The molecule has 8 aromatic carbocycles. The molecule has 1 aliphatic carbocycles. The Labute approximate surface area is 325 Å². The summed E-state index contributed by atoms with van der Waals surface area (Å²) in [7, 11) is 0. The molecule has 0 unspecified atom stereocenters. The predicted molar refractivity (Wildman–Crippen MR) is 232 cm³/mol. The van der Waals surface area contributed by atoms with E-state index in [1.54, 1.807) is 0 Å². The van der Waals surface area contributed by atoms with Crippen molar-refractivity contribution in [1.82, 2.24) is 9.97 Å². The molecule has 56 heavy (non-hydrogen) atoms. The third-order valence-corrected chi connectivity index (χ3v) is 11.7. The van der Waals surface area contributed by atoms with Crippen molar-refractivity contribution in [2.75, 3.05) is 0 Å². The van der Waals surface area contributed by atoms with Crippen LogP contribution in [0.1, 0.15) is 25.0 Å². The molecule has 2 aromatic heterocycles. The highest BCUT2D eigenvalue weighted by Crippen LogP contribution is 2.53. The zero-order valence-electron chi connectivity index (χ0n) is 31.1. The lowest BCUT2D eigenvalue weighted by atomic mass is 9.81. The Bertz CT molecular complexity index is 3170. The lowest BCUT2D eigenvalue weighted by Crippen LogP contribution is -2.14. The van der Waals surface area contributed by atoms with Crippen LogP contribution in [0.3, 0.4) is 0 Å². The van der Waals surface area contributed by atoms with Crippen molar-refractivity contribution >= 4 is 32.7 Å². The fraction of sp³-hybridized carbons (Fsp3) is 0.0566. The first-order valence-corrected chi connectivity index (χ1v) is 19.2. The van der Waals surface area contributed by atoms with E-state index in [0.717, 1.165) is 66.7 Å². The summed E-state index contributed by atoms with van der Waals surface area (Å²) in [4.78, 5) is 10.5. The number of nitrogens with zero attached hydrogens (tertiary/aromatic N) is 2. The zero-order chi connectivity index (χ0) is 37.4. The third-order valence-electron chi connectivity index (χ3n) is 11.7. The van der Waals surface area contributed by atoms with Gasteiger partial charge in [-0.15, -0.1) is 0 Å². The second-order valence-corrected chi connectivity index (χ2v) is 15.3. The quantitative estimate of drug-likeness (QED) is 0.178. The molecule has 3 nitrogen and oxygen atoms in total. The number of rotatable bonds is 5. The largest absolute Gasteiger partial charge is 0.456 e. The van der Waals surface area contributed by atoms with Crippen LogP contribution in [0.5, 0.6) is 0 Å². The van der Waals surface area contributed by atoms with Crippen LogP contribution >= 0.6 is 0 Å². The Morgan fingerprint density at radius 3 is 1.91 bits per heavy atom. The van der Waals surface area contributed by atoms with Gasteiger partial charge in [-0.1, -0.05) is 159 Å². The van der Waals surface area contributed by atoms with Gasteiger partial charge in [0.15, 0.2) is 5.82 Å². The van der Waals surface area contributed by atoms with Crippen LogP contribution in [0.4, 0.5) is 0 Å². The lowest BCUT2D eigenvalue weighted by Gasteiger charge is -2.22. The Morgan fingerprint density at radius 1 is 0.411 bits per heavy atom. The number of hydrogen-bond acceptors (Lipinski definition) is 3. The van der Waals surface area contributed by atoms with Crippen molar-refractivity contribution in [3.8, 4) is 67.3 Å². The van der Waals surface area contributed by atoms with Crippen molar-refractivity contribution in [3.63, 3.8) is 0 Å². The molecular formula is C53H36N2O. The van der Waals surface area contributed by atoms with E-state index in [1.807, 2.05) is 30.3 Å². The SMILES string of the molecule is CC1(C)c2cc3ccccc3cc2-c2c(-c3cccc(-c4cc(-c5ccccc5-c5cccc6oc7ccccc7c56)nc(-c5ccccc5)n4)c3)cccc21. The molecule has 0 spiro atoms. The maximum atomic E-state index is 6.31. The molecule has 264 valence electrons. The molecule has 3 heteroatoms. The van der Waals surface area contributed by atoms with Crippen LogP contribution in [-0.2, 0) is 5.41 Å². The zero-order valence-corrected chi connectivity index (χ0v) is 31.1. The highest BCUT2D eigenvalue weighted by atomic mass is 16.3. The van der Waals surface area contributed by atoms with Gasteiger partial charge >= 0.3 is 0 Å². The summed E-state index contributed by atoms with van der Waals surface area (Å²) in [6, 6.07) is 64.7. The van der Waals surface area contributed by atoms with E-state index >= 15 is 0 Å². The van der Waals surface area contributed by atoms with E-state index in [-0.39, 0.29) is 5.41 Å². The maximum absolute atomic E-state index is 6.31. The summed E-state index contributed by atoms with van der Waals surface area (Å²) >= 11 is 0. The van der Waals surface area contributed by atoms with E-state index in [9.17, 15) is 0 Å². The van der Waals surface area contributed by atoms with Gasteiger partial charge in [0.2, 0.25) is 0 Å². The van der Waals surface area contributed by atoms with Gasteiger partial charge in [0.25, 0.3) is 0 Å². The van der Waals surface area contributed by atoms with E-state index in [0.29, 0.717) is 5.82 Å². The van der Waals surface area contributed by atoms with Crippen LogP contribution in [0.25, 0.3) is 100.0 Å². The highest BCUT2D eigenvalue weighted by molar-refractivity contribution is 6.13. The van der Waals surface area contributed by atoms with Crippen molar-refractivity contribution in [2.24, 2.45) is 0 Å². The van der Waals surface area contributed by atoms with Crippen molar-refractivity contribution in [3.05, 3.63) is 193 Å². The van der Waals surface area contributed by atoms with Gasteiger partial charge < -0.3 is 4.42 Å². The smallest absolute Gasteiger partial charge is 0.160 e. The van der Waals surface area contributed by atoms with Gasteiger partial charge in [-0.3, -0.25) is 0 Å². The number of aromatic nitrogens is 2. The second kappa shape index (κ2) is 12.5. The summed E-state index contributed by atoms with van der Waals surface area (Å²) in [6.45, 7) is 4.71. The monoisotopic (exact) mass is 716 g/mol. The summed E-state index contributed by atoms with van der Waals surface area (Å²) in [6.07, 6.45) is 0. The molecule has 0 aliphatic heterocycles. The molecule has 0 amide bonds. The van der Waals surface area contributed by atoms with Gasteiger partial charge in [-0.05, 0) is 91.7 Å². The topological polar surface area (TPSA) is 38.9 Å². The average Bonchev–Trinajstić information content (AvgIpc) is 3.75. The average molecular weight is 717 g/mol. The molecule has 0 saturated heterocycles. The van der Waals surface area contributed by atoms with Crippen LogP contribution in [-0.4, -0.2) is 9.97 Å². The Hall–Kier alpha value is -7.10. The second-order valence-electron chi connectivity index (χ2n) is 15.3. The molecule has 0 N–H and O–H groups in total. The summed E-state index contributed by atoms with van der Waals surface area (Å²) in [5.74, 6) is 0.688. The molecule has 0 bridgehead atoms. The minimum atomic E-state index is -0.116. The lowest BCUT2D eigenvalue weighted by molar-refractivity contribution is 0.661. The first-order chi connectivity index (χ1) is 27.5. The standard InChI is InChI=1S/C53H36N2O/c1-53(2)44-26-13-24-38(50(44)43-30-34-17-6-7-18-35(34)31-45(43)53)36-19-12-20-37(29-36)46-32-47(55-52(54-46)33-15-4-3-5-16-33)40-22-9-8-21-39(40)41-25-14-28-49-51(41)42-23-10-11-27-48(42)56-49/h3-32H,1-2H3. The minimum Gasteiger partial charge on any atom is -0.456 e. The molecule has 1 aliphatic rings. The molecule has 0 radical (unpaired) electrons. The van der Waals surface area contributed by atoms with Crippen LogP contribution in [0.15, 0.2) is 186 Å². The van der Waals surface area contributed by atoms with E-state index in [2.05, 4.69) is 166 Å². The fourth-order valence-corrected chi connectivity index (χ4v) is 8.95. The Balaban J connectivity index is 1.09. The van der Waals surface area contributed by atoms with Gasteiger partial charge in [-0.25, -0.2) is 9.97 Å². The number of para-hydroxylation sites is 1. The van der Waals surface area contributed by atoms with E-state index in [4.69, 9.17) is 14.4 Å². The third kappa shape index (κ3) is 5.05. The van der Waals surface area contributed by atoms with E-state index < -0.39 is 0 Å². The normalized spacial score (nSPS) is 13.0. The molecule has 11 rings (SSSR count). The molecule has 0 atom stereocenters. The fourth-order valence-electron chi connectivity index (χ4n) is 8.95.